The van der Waals surface area contributed by atoms with Crippen molar-refractivity contribution in [2.45, 2.75) is 13.3 Å². The molecular formula is C20H22Cl2N2O5. The second kappa shape index (κ2) is 12.0. The molecule has 0 aliphatic heterocycles. The average molecular weight is 441 g/mol. The molecule has 0 radical (unpaired) electrons. The molecule has 0 aliphatic carbocycles. The third kappa shape index (κ3) is 7.36. The van der Waals surface area contributed by atoms with Crippen molar-refractivity contribution in [2.75, 3.05) is 26.9 Å². The van der Waals surface area contributed by atoms with Gasteiger partial charge in [0.1, 0.15) is 5.75 Å². The fourth-order valence-corrected chi connectivity index (χ4v) is 2.71. The van der Waals surface area contributed by atoms with Gasteiger partial charge in [0, 0.05) is 6.42 Å². The maximum Gasteiger partial charge on any atom is 0.427 e. The molecule has 0 saturated carbocycles. The summed E-state index contributed by atoms with van der Waals surface area (Å²) in [5.74, 6) is 1.54. The minimum atomic E-state index is -0.670. The molecule has 0 unspecified atom stereocenters. The lowest BCUT2D eigenvalue weighted by molar-refractivity contribution is 0.171. The average Bonchev–Trinajstić information content (AvgIpc) is 2.70. The molecule has 0 heterocycles. The zero-order valence-electron chi connectivity index (χ0n) is 16.1. The molecule has 1 amide bonds. The van der Waals surface area contributed by atoms with Gasteiger partial charge in [0.15, 0.2) is 11.5 Å². The van der Waals surface area contributed by atoms with Crippen LogP contribution in [0.4, 0.5) is 4.79 Å². The number of hydrogen-bond acceptors (Lipinski definition) is 6. The van der Waals surface area contributed by atoms with E-state index in [-0.39, 0.29) is 0 Å². The minimum absolute atomic E-state index is 0.363. The number of benzene rings is 2. The van der Waals surface area contributed by atoms with Gasteiger partial charge in [-0.25, -0.2) is 10.2 Å². The van der Waals surface area contributed by atoms with Crippen LogP contribution < -0.4 is 19.6 Å². The van der Waals surface area contributed by atoms with Crippen molar-refractivity contribution in [1.82, 2.24) is 5.43 Å². The van der Waals surface area contributed by atoms with Gasteiger partial charge in [-0.15, -0.1) is 0 Å². The Bertz CT molecular complexity index is 846. The number of nitrogens with zero attached hydrogens (tertiary/aromatic N) is 1. The van der Waals surface area contributed by atoms with Crippen LogP contribution >= 0.6 is 23.2 Å². The van der Waals surface area contributed by atoms with E-state index in [0.29, 0.717) is 59.1 Å². The molecule has 0 aromatic heterocycles. The first kappa shape index (κ1) is 22.6. The molecule has 0 saturated heterocycles. The summed E-state index contributed by atoms with van der Waals surface area (Å²) in [5, 5.41) is 4.70. The maximum atomic E-state index is 11.0. The number of halogens is 2. The van der Waals surface area contributed by atoms with E-state index in [4.69, 9.17) is 37.4 Å². The van der Waals surface area contributed by atoms with Crippen LogP contribution in [-0.4, -0.2) is 39.2 Å². The van der Waals surface area contributed by atoms with Gasteiger partial charge in [-0.3, -0.25) is 0 Å². The summed E-state index contributed by atoms with van der Waals surface area (Å²) in [6.07, 6.45) is 1.38. The quantitative estimate of drug-likeness (QED) is 0.321. The lowest BCUT2D eigenvalue weighted by Crippen LogP contribution is -2.16. The summed E-state index contributed by atoms with van der Waals surface area (Å²) in [6.45, 7) is 3.11. The van der Waals surface area contributed by atoms with Gasteiger partial charge in [0.2, 0.25) is 0 Å². The maximum absolute atomic E-state index is 11.0. The summed E-state index contributed by atoms with van der Waals surface area (Å²) < 4.78 is 21.5. The van der Waals surface area contributed by atoms with E-state index in [9.17, 15) is 4.79 Å². The highest BCUT2D eigenvalue weighted by Gasteiger charge is 2.12. The molecule has 0 aliphatic rings. The molecule has 0 bridgehead atoms. The molecular weight excluding hydrogens is 419 g/mol. The lowest BCUT2D eigenvalue weighted by Gasteiger charge is -2.14. The zero-order chi connectivity index (χ0) is 21.1. The number of hydrazone groups is 1. The fourth-order valence-electron chi connectivity index (χ4n) is 2.25. The number of hydrogen-bond donors (Lipinski definition) is 1. The monoisotopic (exact) mass is 440 g/mol. The van der Waals surface area contributed by atoms with Gasteiger partial charge in [-0.2, -0.15) is 5.10 Å². The summed E-state index contributed by atoms with van der Waals surface area (Å²) in [4.78, 5) is 11.0. The van der Waals surface area contributed by atoms with E-state index >= 15 is 0 Å². The smallest absolute Gasteiger partial charge is 0.427 e. The summed E-state index contributed by atoms with van der Waals surface area (Å²) in [6, 6.07) is 10.7. The SMILES string of the molecule is CCOc1cc(/C=N\NC(=O)OC)cc(Cl)c1OCCCOc1ccccc1Cl. The number of nitrogens with one attached hydrogen (secondary N) is 1. The van der Waals surface area contributed by atoms with E-state index in [2.05, 4.69) is 15.3 Å². The van der Waals surface area contributed by atoms with Crippen LogP contribution in [0.3, 0.4) is 0 Å². The number of carbonyl (C=O) groups excluding carboxylic acids is 1. The third-order valence-electron chi connectivity index (χ3n) is 3.52. The molecule has 7 nitrogen and oxygen atoms in total. The van der Waals surface area contributed by atoms with E-state index in [1.54, 1.807) is 18.2 Å². The van der Waals surface area contributed by atoms with Crippen molar-refractivity contribution in [3.63, 3.8) is 0 Å². The Morgan fingerprint density at radius 3 is 2.55 bits per heavy atom. The van der Waals surface area contributed by atoms with Crippen molar-refractivity contribution in [1.29, 1.82) is 0 Å². The summed E-state index contributed by atoms with van der Waals surface area (Å²) in [5.41, 5.74) is 2.83. The predicted molar refractivity (Wildman–Crippen MR) is 113 cm³/mol. The molecule has 1 N–H and O–H groups in total. The Morgan fingerprint density at radius 1 is 1.07 bits per heavy atom. The molecule has 29 heavy (non-hydrogen) atoms. The Balaban J connectivity index is 1.94. The van der Waals surface area contributed by atoms with Gasteiger partial charge in [0.05, 0.1) is 43.2 Å². The molecule has 2 rings (SSSR count). The van der Waals surface area contributed by atoms with E-state index in [1.165, 1.54) is 13.3 Å². The first-order chi connectivity index (χ1) is 14.0. The van der Waals surface area contributed by atoms with Crippen LogP contribution in [0.15, 0.2) is 41.5 Å². The van der Waals surface area contributed by atoms with Crippen molar-refractivity contribution in [3.8, 4) is 17.2 Å². The normalized spacial score (nSPS) is 10.6. The second-order valence-corrected chi connectivity index (χ2v) is 6.42. The van der Waals surface area contributed by atoms with Crippen LogP contribution in [-0.2, 0) is 4.74 Å². The highest BCUT2D eigenvalue weighted by molar-refractivity contribution is 6.32. The zero-order valence-corrected chi connectivity index (χ0v) is 17.6. The van der Waals surface area contributed by atoms with E-state index in [1.807, 2.05) is 25.1 Å². The predicted octanol–water partition coefficient (Wildman–Crippen LogP) is 4.93. The Morgan fingerprint density at radius 2 is 1.83 bits per heavy atom. The highest BCUT2D eigenvalue weighted by atomic mass is 35.5. The Hall–Kier alpha value is -2.64. The molecule has 2 aromatic carbocycles. The highest BCUT2D eigenvalue weighted by Crippen LogP contribution is 2.36. The van der Waals surface area contributed by atoms with Gasteiger partial charge in [-0.1, -0.05) is 35.3 Å². The number of amides is 1. The van der Waals surface area contributed by atoms with Crippen LogP contribution in [0.25, 0.3) is 0 Å². The number of rotatable bonds is 10. The van der Waals surface area contributed by atoms with E-state index < -0.39 is 6.09 Å². The number of carbonyl (C=O) groups is 1. The number of methoxy groups -OCH3 is 1. The Kier molecular flexibility index (Phi) is 9.40. The standard InChI is InChI=1S/C20H22Cl2N2O5/c1-3-27-18-12-14(13-23-24-20(25)26-2)11-16(22)19(18)29-10-6-9-28-17-8-5-4-7-15(17)21/h4-5,7-8,11-13H,3,6,9-10H2,1-2H3,(H,24,25)/b23-13-. The fraction of sp³-hybridized carbons (Fsp3) is 0.300. The van der Waals surface area contributed by atoms with Gasteiger partial charge in [0.25, 0.3) is 0 Å². The summed E-state index contributed by atoms with van der Waals surface area (Å²) >= 11 is 12.4. The Labute approximate surface area is 179 Å². The molecule has 0 atom stereocenters. The van der Waals surface area contributed by atoms with Gasteiger partial charge < -0.3 is 18.9 Å². The lowest BCUT2D eigenvalue weighted by atomic mass is 10.2. The van der Waals surface area contributed by atoms with Crippen LogP contribution in [0.2, 0.25) is 10.0 Å². The van der Waals surface area contributed by atoms with Crippen LogP contribution in [0.5, 0.6) is 17.2 Å². The molecule has 9 heteroatoms. The summed E-state index contributed by atoms with van der Waals surface area (Å²) in [7, 11) is 1.25. The van der Waals surface area contributed by atoms with Gasteiger partial charge in [-0.05, 0) is 36.8 Å². The van der Waals surface area contributed by atoms with Gasteiger partial charge >= 0.3 is 6.09 Å². The van der Waals surface area contributed by atoms with E-state index in [0.717, 1.165) is 0 Å². The molecule has 0 spiro atoms. The topological polar surface area (TPSA) is 78.4 Å². The number of ether oxygens (including phenoxy) is 4. The number of para-hydroxylation sites is 1. The third-order valence-corrected chi connectivity index (χ3v) is 4.11. The van der Waals surface area contributed by atoms with Crippen LogP contribution in [0.1, 0.15) is 18.9 Å². The van der Waals surface area contributed by atoms with Crippen molar-refractivity contribution in [2.24, 2.45) is 5.10 Å². The molecule has 2 aromatic rings. The first-order valence-electron chi connectivity index (χ1n) is 8.88. The van der Waals surface area contributed by atoms with Crippen LogP contribution in [0, 0.1) is 0 Å². The largest absolute Gasteiger partial charge is 0.492 e. The van der Waals surface area contributed by atoms with Crippen molar-refractivity contribution >= 4 is 35.5 Å². The molecule has 156 valence electrons. The van der Waals surface area contributed by atoms with Crippen molar-refractivity contribution in [3.05, 3.63) is 52.0 Å². The molecule has 0 fully saturated rings. The van der Waals surface area contributed by atoms with Crippen molar-refractivity contribution < 1.29 is 23.7 Å². The first-order valence-corrected chi connectivity index (χ1v) is 9.64. The second-order valence-electron chi connectivity index (χ2n) is 5.61. The minimum Gasteiger partial charge on any atom is -0.492 e.